The maximum absolute atomic E-state index is 5.97. The number of guanidine groups is 1. The van der Waals surface area contributed by atoms with Gasteiger partial charge in [0, 0.05) is 19.0 Å². The Morgan fingerprint density at radius 2 is 1.95 bits per heavy atom. The molecule has 0 saturated heterocycles. The predicted octanol–water partition coefficient (Wildman–Crippen LogP) is 3.75. The summed E-state index contributed by atoms with van der Waals surface area (Å²) in [4.78, 5) is 4.54. The van der Waals surface area contributed by atoms with Crippen molar-refractivity contribution in [2.75, 3.05) is 13.1 Å². The Bertz CT molecular complexity index is 427. The summed E-state index contributed by atoms with van der Waals surface area (Å²) in [7, 11) is 0. The SMILES string of the molecule is CC(C)C(CN=C(N)NCC1CCC1)c1ccccc1.I. The number of halogens is 1. The lowest BCUT2D eigenvalue weighted by atomic mass is 9.85. The molecule has 0 spiro atoms. The van der Waals surface area contributed by atoms with Crippen molar-refractivity contribution < 1.29 is 0 Å². The van der Waals surface area contributed by atoms with Gasteiger partial charge in [0.25, 0.3) is 0 Å². The Morgan fingerprint density at radius 3 is 2.48 bits per heavy atom. The number of hydrogen-bond acceptors (Lipinski definition) is 1. The highest BCUT2D eigenvalue weighted by Crippen LogP contribution is 2.25. The fraction of sp³-hybridized carbons (Fsp3) is 0.588. The Balaban J connectivity index is 0.00000220. The highest BCUT2D eigenvalue weighted by Gasteiger charge is 2.17. The summed E-state index contributed by atoms with van der Waals surface area (Å²) in [5.74, 6) is 2.39. The molecular formula is C17H28IN3. The van der Waals surface area contributed by atoms with Crippen LogP contribution in [0.4, 0.5) is 0 Å². The topological polar surface area (TPSA) is 50.4 Å². The minimum atomic E-state index is 0. The summed E-state index contributed by atoms with van der Waals surface area (Å²) in [6.07, 6.45) is 4.03. The minimum Gasteiger partial charge on any atom is -0.370 e. The van der Waals surface area contributed by atoms with Crippen molar-refractivity contribution >= 4 is 29.9 Å². The highest BCUT2D eigenvalue weighted by atomic mass is 127. The zero-order valence-electron chi connectivity index (χ0n) is 13.1. The third kappa shape index (κ3) is 5.85. The summed E-state index contributed by atoms with van der Waals surface area (Å²) in [5.41, 5.74) is 7.31. The van der Waals surface area contributed by atoms with E-state index in [1.807, 2.05) is 0 Å². The van der Waals surface area contributed by atoms with Gasteiger partial charge in [0.2, 0.25) is 0 Å². The van der Waals surface area contributed by atoms with E-state index in [1.165, 1.54) is 24.8 Å². The second kappa shape index (κ2) is 9.28. The number of nitrogens with one attached hydrogen (secondary N) is 1. The molecule has 21 heavy (non-hydrogen) atoms. The van der Waals surface area contributed by atoms with Gasteiger partial charge in [-0.1, -0.05) is 50.6 Å². The van der Waals surface area contributed by atoms with E-state index in [0.29, 0.717) is 17.8 Å². The van der Waals surface area contributed by atoms with Crippen molar-refractivity contribution in [3.8, 4) is 0 Å². The molecule has 0 amide bonds. The highest BCUT2D eigenvalue weighted by molar-refractivity contribution is 14.0. The molecule has 0 radical (unpaired) electrons. The molecule has 1 unspecified atom stereocenters. The van der Waals surface area contributed by atoms with E-state index < -0.39 is 0 Å². The van der Waals surface area contributed by atoms with Crippen LogP contribution in [0.3, 0.4) is 0 Å². The summed E-state index contributed by atoms with van der Waals surface area (Å²) in [6.45, 7) is 6.22. The predicted molar refractivity (Wildman–Crippen MR) is 101 cm³/mol. The van der Waals surface area contributed by atoms with Crippen LogP contribution in [0.2, 0.25) is 0 Å². The lowest BCUT2D eigenvalue weighted by Crippen LogP contribution is -2.37. The third-order valence-electron chi connectivity index (χ3n) is 4.29. The van der Waals surface area contributed by atoms with Gasteiger partial charge in [-0.3, -0.25) is 4.99 Å². The van der Waals surface area contributed by atoms with Gasteiger partial charge in [-0.05, 0) is 30.2 Å². The van der Waals surface area contributed by atoms with Gasteiger partial charge in [-0.25, -0.2) is 0 Å². The fourth-order valence-corrected chi connectivity index (χ4v) is 2.60. The van der Waals surface area contributed by atoms with Crippen LogP contribution in [0.1, 0.15) is 44.6 Å². The molecule has 1 aliphatic rings. The molecule has 1 aromatic carbocycles. The normalized spacial score (nSPS) is 17.0. The van der Waals surface area contributed by atoms with Crippen LogP contribution in [0.25, 0.3) is 0 Å². The van der Waals surface area contributed by atoms with E-state index in [-0.39, 0.29) is 24.0 Å². The molecule has 3 nitrogen and oxygen atoms in total. The Labute approximate surface area is 145 Å². The number of aliphatic imine (C=N–C) groups is 1. The molecule has 1 aliphatic carbocycles. The quantitative estimate of drug-likeness (QED) is 0.433. The molecule has 118 valence electrons. The monoisotopic (exact) mass is 401 g/mol. The molecule has 0 bridgehead atoms. The van der Waals surface area contributed by atoms with Crippen molar-refractivity contribution in [2.24, 2.45) is 22.6 Å². The van der Waals surface area contributed by atoms with Crippen molar-refractivity contribution in [1.82, 2.24) is 5.32 Å². The molecular weight excluding hydrogens is 373 g/mol. The van der Waals surface area contributed by atoms with Crippen LogP contribution in [0.15, 0.2) is 35.3 Å². The van der Waals surface area contributed by atoms with Crippen molar-refractivity contribution in [2.45, 2.75) is 39.0 Å². The number of hydrogen-bond donors (Lipinski definition) is 2. The lowest BCUT2D eigenvalue weighted by molar-refractivity contribution is 0.315. The molecule has 2 rings (SSSR count). The molecule has 1 saturated carbocycles. The molecule has 1 atom stereocenters. The molecule has 4 heteroatoms. The van der Waals surface area contributed by atoms with E-state index in [4.69, 9.17) is 5.73 Å². The summed E-state index contributed by atoms with van der Waals surface area (Å²) < 4.78 is 0. The smallest absolute Gasteiger partial charge is 0.188 e. The van der Waals surface area contributed by atoms with Crippen molar-refractivity contribution in [1.29, 1.82) is 0 Å². The van der Waals surface area contributed by atoms with E-state index >= 15 is 0 Å². The van der Waals surface area contributed by atoms with E-state index in [9.17, 15) is 0 Å². The van der Waals surface area contributed by atoms with Gasteiger partial charge in [-0.15, -0.1) is 24.0 Å². The van der Waals surface area contributed by atoms with Crippen LogP contribution in [0, 0.1) is 11.8 Å². The van der Waals surface area contributed by atoms with E-state index in [1.54, 1.807) is 0 Å². The van der Waals surface area contributed by atoms with Crippen LogP contribution in [-0.2, 0) is 0 Å². The number of nitrogens with two attached hydrogens (primary N) is 1. The average molecular weight is 401 g/mol. The second-order valence-corrected chi connectivity index (χ2v) is 6.16. The zero-order valence-corrected chi connectivity index (χ0v) is 15.4. The van der Waals surface area contributed by atoms with Crippen molar-refractivity contribution in [3.05, 3.63) is 35.9 Å². The zero-order chi connectivity index (χ0) is 14.4. The average Bonchev–Trinajstić information content (AvgIpc) is 2.38. The lowest BCUT2D eigenvalue weighted by Gasteiger charge is -2.25. The Morgan fingerprint density at radius 1 is 1.29 bits per heavy atom. The first-order valence-corrected chi connectivity index (χ1v) is 7.75. The Hall–Kier alpha value is -0.780. The first-order valence-electron chi connectivity index (χ1n) is 7.75. The molecule has 1 fully saturated rings. The van der Waals surface area contributed by atoms with E-state index in [2.05, 4.69) is 54.5 Å². The van der Waals surface area contributed by atoms with Crippen LogP contribution < -0.4 is 11.1 Å². The standard InChI is InChI=1S/C17H27N3.HI/c1-13(2)16(15-9-4-3-5-10-15)12-20-17(18)19-11-14-7-6-8-14;/h3-5,9-10,13-14,16H,6-8,11-12H2,1-2H3,(H3,18,19,20);1H. The van der Waals surface area contributed by atoms with Crippen LogP contribution in [-0.4, -0.2) is 19.0 Å². The van der Waals surface area contributed by atoms with Crippen LogP contribution >= 0.6 is 24.0 Å². The maximum Gasteiger partial charge on any atom is 0.188 e. The molecule has 0 aliphatic heterocycles. The van der Waals surface area contributed by atoms with Crippen molar-refractivity contribution in [3.63, 3.8) is 0 Å². The number of nitrogens with zero attached hydrogens (tertiary/aromatic N) is 1. The largest absolute Gasteiger partial charge is 0.370 e. The van der Waals surface area contributed by atoms with Gasteiger partial charge in [0.1, 0.15) is 0 Å². The molecule has 1 aromatic rings. The van der Waals surface area contributed by atoms with Gasteiger partial charge < -0.3 is 11.1 Å². The van der Waals surface area contributed by atoms with E-state index in [0.717, 1.165) is 19.0 Å². The third-order valence-corrected chi connectivity index (χ3v) is 4.29. The molecule has 0 heterocycles. The minimum absolute atomic E-state index is 0. The first-order chi connectivity index (χ1) is 9.66. The summed E-state index contributed by atoms with van der Waals surface area (Å²) in [6, 6.07) is 10.6. The van der Waals surface area contributed by atoms with Gasteiger partial charge in [0.05, 0.1) is 0 Å². The number of rotatable bonds is 6. The fourth-order valence-electron chi connectivity index (χ4n) is 2.60. The van der Waals surface area contributed by atoms with Crippen LogP contribution in [0.5, 0.6) is 0 Å². The maximum atomic E-state index is 5.97. The molecule has 3 N–H and O–H groups in total. The number of benzene rings is 1. The van der Waals surface area contributed by atoms with Gasteiger partial charge in [-0.2, -0.15) is 0 Å². The first kappa shape index (κ1) is 18.3. The molecule has 0 aromatic heterocycles. The van der Waals surface area contributed by atoms with Gasteiger partial charge in [0.15, 0.2) is 5.96 Å². The summed E-state index contributed by atoms with van der Waals surface area (Å²) >= 11 is 0. The second-order valence-electron chi connectivity index (χ2n) is 6.16. The van der Waals surface area contributed by atoms with Gasteiger partial charge >= 0.3 is 0 Å². The Kier molecular flexibility index (Phi) is 8.07. The summed E-state index contributed by atoms with van der Waals surface area (Å²) in [5, 5.41) is 3.26.